The molecule has 9 heteroatoms. The summed E-state index contributed by atoms with van der Waals surface area (Å²) in [6.07, 6.45) is 1.47. The molecule has 0 aliphatic rings. The molecule has 0 saturated carbocycles. The second-order valence-corrected chi connectivity index (χ2v) is 8.19. The van der Waals surface area contributed by atoms with Crippen LogP contribution >= 0.6 is 0 Å². The number of aromatic nitrogens is 1. The highest BCUT2D eigenvalue weighted by Crippen LogP contribution is 2.29. The van der Waals surface area contributed by atoms with Gasteiger partial charge in [0.1, 0.15) is 5.69 Å². The number of pyridine rings is 1. The Hall–Kier alpha value is -3.59. The maximum absolute atomic E-state index is 13.0. The van der Waals surface area contributed by atoms with Crippen molar-refractivity contribution in [3.8, 4) is 11.5 Å². The van der Waals surface area contributed by atoms with E-state index in [1.807, 2.05) is 0 Å². The first-order valence-corrected chi connectivity index (χ1v) is 10.3. The summed E-state index contributed by atoms with van der Waals surface area (Å²) >= 11 is 0. The third kappa shape index (κ3) is 3.55. The molecule has 0 saturated heterocycles. The first-order chi connectivity index (χ1) is 14.4. The van der Waals surface area contributed by atoms with Gasteiger partial charge in [0.15, 0.2) is 5.76 Å². The second kappa shape index (κ2) is 7.68. The van der Waals surface area contributed by atoms with Crippen LogP contribution in [-0.4, -0.2) is 25.1 Å². The Bertz CT molecular complexity index is 1340. The van der Waals surface area contributed by atoms with Gasteiger partial charge < -0.3 is 9.73 Å². The quantitative estimate of drug-likeness (QED) is 0.496. The Morgan fingerprint density at radius 1 is 1.00 bits per heavy atom. The van der Waals surface area contributed by atoms with E-state index in [4.69, 9.17) is 4.42 Å². The fraction of sp³-hybridized carbons (Fsp3) is 0.0476. The van der Waals surface area contributed by atoms with Gasteiger partial charge in [0, 0.05) is 5.39 Å². The van der Waals surface area contributed by atoms with Crippen LogP contribution in [0.1, 0.15) is 10.4 Å². The van der Waals surface area contributed by atoms with E-state index in [-0.39, 0.29) is 11.3 Å². The number of carbonyl (C=O) groups excluding carboxylic acids is 1. The maximum Gasteiger partial charge on any atom is 0.341 e. The van der Waals surface area contributed by atoms with Crippen LogP contribution in [0.4, 0.5) is 14.5 Å². The molecule has 0 aliphatic heterocycles. The largest absolute Gasteiger partial charge is 0.463 e. The lowest BCUT2D eigenvalue weighted by atomic mass is 10.1. The Morgan fingerprint density at radius 2 is 1.73 bits per heavy atom. The van der Waals surface area contributed by atoms with E-state index in [2.05, 4.69) is 10.3 Å². The normalized spacial score (nSPS) is 11.7. The van der Waals surface area contributed by atoms with Crippen molar-refractivity contribution in [2.75, 3.05) is 5.32 Å². The van der Waals surface area contributed by atoms with Crippen molar-refractivity contribution >= 4 is 32.3 Å². The van der Waals surface area contributed by atoms with Crippen molar-refractivity contribution in [3.63, 3.8) is 0 Å². The minimum atomic E-state index is -4.90. The minimum absolute atomic E-state index is 0.191. The van der Waals surface area contributed by atoms with Crippen LogP contribution in [0.15, 0.2) is 82.3 Å². The topological polar surface area (TPSA) is 89.3 Å². The van der Waals surface area contributed by atoms with E-state index in [1.165, 1.54) is 30.5 Å². The molecule has 2 aromatic carbocycles. The van der Waals surface area contributed by atoms with Gasteiger partial charge in [-0.15, -0.1) is 0 Å². The number of hydrogen-bond acceptors (Lipinski definition) is 5. The van der Waals surface area contributed by atoms with Crippen LogP contribution in [-0.2, 0) is 9.84 Å². The number of nitrogens with zero attached hydrogens (tertiary/aromatic N) is 1. The molecule has 0 aliphatic carbocycles. The Morgan fingerprint density at radius 3 is 2.47 bits per heavy atom. The molecule has 30 heavy (non-hydrogen) atoms. The number of hydrogen-bond donors (Lipinski definition) is 1. The summed E-state index contributed by atoms with van der Waals surface area (Å²) in [7, 11) is -4.90. The van der Waals surface area contributed by atoms with Gasteiger partial charge in [0.2, 0.25) is 9.84 Å². The van der Waals surface area contributed by atoms with Gasteiger partial charge in [-0.05, 0) is 36.4 Å². The molecule has 152 valence electrons. The number of alkyl halides is 2. The fourth-order valence-corrected chi connectivity index (χ4v) is 3.90. The highest BCUT2D eigenvalue weighted by Gasteiger charge is 2.29. The lowest BCUT2D eigenvalue weighted by Crippen LogP contribution is -2.18. The number of amides is 1. The highest BCUT2D eigenvalue weighted by atomic mass is 32.2. The Labute approximate surface area is 170 Å². The van der Waals surface area contributed by atoms with Gasteiger partial charge >= 0.3 is 5.76 Å². The minimum Gasteiger partial charge on any atom is -0.463 e. The van der Waals surface area contributed by atoms with Crippen molar-refractivity contribution < 1.29 is 26.4 Å². The highest BCUT2D eigenvalue weighted by molar-refractivity contribution is 7.91. The molecule has 0 atom stereocenters. The summed E-state index contributed by atoms with van der Waals surface area (Å²) in [6, 6.07) is 16.8. The standard InChI is InChI=1S/C21H14F2N2O4S/c22-21(23)30(27,28)19-10-4-3-8-16(19)25-20(26)14-12-17(18-9-5-11-29-18)24-15-7-2-1-6-13(14)15/h1-12,21H,(H,25,26). The van der Waals surface area contributed by atoms with Crippen molar-refractivity contribution in [1.82, 2.24) is 4.98 Å². The molecule has 0 bridgehead atoms. The summed E-state index contributed by atoms with van der Waals surface area (Å²) < 4.78 is 55.4. The number of anilines is 1. The molecule has 4 aromatic rings. The van der Waals surface area contributed by atoms with Crippen LogP contribution in [0.5, 0.6) is 0 Å². The third-order valence-electron chi connectivity index (χ3n) is 4.41. The average molecular weight is 428 g/mol. The van der Waals surface area contributed by atoms with Crippen LogP contribution in [0.25, 0.3) is 22.4 Å². The fourth-order valence-electron chi connectivity index (χ4n) is 3.02. The van der Waals surface area contributed by atoms with Crippen LogP contribution in [0.3, 0.4) is 0 Å². The molecule has 4 rings (SSSR count). The molecule has 1 amide bonds. The third-order valence-corrected chi connectivity index (χ3v) is 5.85. The number of nitrogens with one attached hydrogen (secondary N) is 1. The summed E-state index contributed by atoms with van der Waals surface area (Å²) in [5, 5.41) is 2.96. The van der Waals surface area contributed by atoms with Crippen molar-refractivity contribution in [1.29, 1.82) is 0 Å². The molecular weight excluding hydrogens is 414 g/mol. The van der Waals surface area contributed by atoms with Gasteiger partial charge in [-0.1, -0.05) is 30.3 Å². The SMILES string of the molecule is O=C(Nc1ccccc1S(=O)(=O)C(F)F)c1cc(-c2ccco2)nc2ccccc12. The monoisotopic (exact) mass is 428 g/mol. The van der Waals surface area contributed by atoms with Gasteiger partial charge in [-0.2, -0.15) is 8.78 Å². The molecule has 1 N–H and O–H groups in total. The van der Waals surface area contributed by atoms with Crippen molar-refractivity contribution in [2.45, 2.75) is 10.7 Å². The first-order valence-electron chi connectivity index (χ1n) is 8.74. The lowest BCUT2D eigenvalue weighted by Gasteiger charge is -2.13. The van der Waals surface area contributed by atoms with Crippen LogP contribution < -0.4 is 5.32 Å². The molecular formula is C21H14F2N2O4S. The zero-order valence-corrected chi connectivity index (χ0v) is 16.1. The van der Waals surface area contributed by atoms with E-state index in [0.29, 0.717) is 22.4 Å². The van der Waals surface area contributed by atoms with E-state index in [9.17, 15) is 22.0 Å². The van der Waals surface area contributed by atoms with Gasteiger partial charge in [0.25, 0.3) is 5.91 Å². The van der Waals surface area contributed by atoms with E-state index in [1.54, 1.807) is 36.4 Å². The summed E-state index contributed by atoms with van der Waals surface area (Å²) in [5.74, 6) is -3.84. The summed E-state index contributed by atoms with van der Waals surface area (Å²) in [6.45, 7) is 0. The number of para-hydroxylation sites is 2. The smallest absolute Gasteiger partial charge is 0.341 e. The molecule has 0 spiro atoms. The van der Waals surface area contributed by atoms with E-state index >= 15 is 0 Å². The number of sulfone groups is 1. The predicted octanol–water partition coefficient (Wildman–Crippen LogP) is 4.74. The first kappa shape index (κ1) is 19.7. The van der Waals surface area contributed by atoms with Crippen molar-refractivity contribution in [3.05, 3.63) is 78.6 Å². The van der Waals surface area contributed by atoms with Gasteiger partial charge in [-0.25, -0.2) is 13.4 Å². The average Bonchev–Trinajstić information content (AvgIpc) is 3.28. The molecule has 0 radical (unpaired) electrons. The van der Waals surface area contributed by atoms with Crippen molar-refractivity contribution in [2.24, 2.45) is 0 Å². The zero-order chi connectivity index (χ0) is 21.3. The Kier molecular flexibility index (Phi) is 5.04. The van der Waals surface area contributed by atoms with Gasteiger partial charge in [-0.3, -0.25) is 4.79 Å². The lowest BCUT2D eigenvalue weighted by molar-refractivity contribution is 0.102. The molecule has 2 aromatic heterocycles. The Balaban J connectivity index is 1.81. The van der Waals surface area contributed by atoms with Gasteiger partial charge in [0.05, 0.1) is 27.9 Å². The number of halogens is 2. The maximum atomic E-state index is 13.0. The molecule has 2 heterocycles. The number of fused-ring (bicyclic) bond motifs is 1. The number of carbonyl (C=O) groups is 1. The number of furan rings is 1. The van der Waals surface area contributed by atoms with E-state index < -0.39 is 26.4 Å². The summed E-state index contributed by atoms with van der Waals surface area (Å²) in [4.78, 5) is 16.9. The number of benzene rings is 2. The van der Waals surface area contributed by atoms with Crippen LogP contribution in [0.2, 0.25) is 0 Å². The molecule has 0 fully saturated rings. The van der Waals surface area contributed by atoms with E-state index in [0.717, 1.165) is 6.07 Å². The molecule has 6 nitrogen and oxygen atoms in total. The second-order valence-electron chi connectivity index (χ2n) is 6.31. The number of rotatable bonds is 5. The molecule has 0 unspecified atom stereocenters. The van der Waals surface area contributed by atoms with Crippen LogP contribution in [0, 0.1) is 0 Å². The summed E-state index contributed by atoms with van der Waals surface area (Å²) in [5.41, 5.74) is 0.877. The predicted molar refractivity (Wildman–Crippen MR) is 107 cm³/mol. The zero-order valence-electron chi connectivity index (χ0n) is 15.2.